The van der Waals surface area contributed by atoms with E-state index >= 15 is 0 Å². The summed E-state index contributed by atoms with van der Waals surface area (Å²) in [6.45, 7) is 3.88. The van der Waals surface area contributed by atoms with E-state index in [1.54, 1.807) is 29.3 Å². The van der Waals surface area contributed by atoms with E-state index in [0.29, 0.717) is 26.4 Å². The number of piperidine rings is 1. The number of nitrogens with zero attached hydrogens (tertiary/aromatic N) is 3. The second-order valence-corrected chi connectivity index (χ2v) is 12.8. The number of halogens is 1. The molecule has 216 valence electrons. The fourth-order valence-corrected chi connectivity index (χ4v) is 7.38. The Bertz CT molecular complexity index is 1820. The standard InChI is InChI=1S/C32H30BrN3O4S2/c1-3-39-31(38)26-27(20-10-6-4-7-11-20)34-32-36(28(26)21-12-14-23(41-2)15-13-21)29(37)25(42-32)19-22-18-24(33)30(40-22)35-16-8-5-9-17-35/h4,6-7,10-15,18-19,28H,3,5,8-9,16-17H2,1-2H3/b25-19+/t28-/m0/s1. The van der Waals surface area contributed by atoms with Crippen molar-refractivity contribution in [1.29, 1.82) is 0 Å². The summed E-state index contributed by atoms with van der Waals surface area (Å²) in [6, 6.07) is 18.7. The SMILES string of the molecule is CCOC(=O)C1=C(c2ccccc2)N=c2s/c(=C/c3cc(Br)c(N4CCCCC4)o3)c(=O)n2[C@H]1c1ccc(SC)cc1. The molecule has 1 saturated heterocycles. The van der Waals surface area contributed by atoms with Gasteiger partial charge in [0.05, 0.1) is 32.9 Å². The molecule has 0 bridgehead atoms. The molecule has 2 aromatic carbocycles. The van der Waals surface area contributed by atoms with Crippen molar-refractivity contribution in [3.05, 3.63) is 107 Å². The van der Waals surface area contributed by atoms with Gasteiger partial charge in [-0.25, -0.2) is 9.79 Å². The Morgan fingerprint density at radius 3 is 2.57 bits per heavy atom. The molecule has 0 unspecified atom stereocenters. The number of thiazole rings is 1. The molecule has 2 aliphatic rings. The Kier molecular flexibility index (Phi) is 8.55. The van der Waals surface area contributed by atoms with Gasteiger partial charge in [-0.15, -0.1) is 11.8 Å². The lowest BCUT2D eigenvalue weighted by Gasteiger charge is -2.26. The van der Waals surface area contributed by atoms with Gasteiger partial charge in [0.25, 0.3) is 5.56 Å². The normalized spacial score (nSPS) is 17.3. The van der Waals surface area contributed by atoms with Crippen LogP contribution in [-0.2, 0) is 9.53 Å². The molecular weight excluding hydrogens is 634 g/mol. The van der Waals surface area contributed by atoms with Crippen LogP contribution in [0.5, 0.6) is 0 Å². The number of hydrogen-bond donors (Lipinski definition) is 0. The Labute approximate surface area is 260 Å². The van der Waals surface area contributed by atoms with E-state index in [0.717, 1.165) is 52.3 Å². The maximum absolute atomic E-state index is 14.1. The largest absolute Gasteiger partial charge is 0.463 e. The molecule has 6 rings (SSSR count). The van der Waals surface area contributed by atoms with Crippen LogP contribution in [0.3, 0.4) is 0 Å². The molecular formula is C32H30BrN3O4S2. The molecule has 0 amide bonds. The zero-order valence-electron chi connectivity index (χ0n) is 23.3. The minimum Gasteiger partial charge on any atom is -0.463 e. The summed E-state index contributed by atoms with van der Waals surface area (Å²) in [5, 5.41) is 0. The van der Waals surface area contributed by atoms with Gasteiger partial charge in [0.15, 0.2) is 4.80 Å². The van der Waals surface area contributed by atoms with E-state index in [1.165, 1.54) is 17.8 Å². The van der Waals surface area contributed by atoms with E-state index in [-0.39, 0.29) is 12.2 Å². The molecule has 2 aromatic heterocycles. The fraction of sp³-hybridized carbons (Fsp3) is 0.281. The topological polar surface area (TPSA) is 77.0 Å². The average molecular weight is 665 g/mol. The van der Waals surface area contributed by atoms with E-state index in [9.17, 15) is 9.59 Å². The predicted octanol–water partition coefficient (Wildman–Crippen LogP) is 6.00. The third-order valence-corrected chi connectivity index (χ3v) is 9.70. The van der Waals surface area contributed by atoms with Crippen molar-refractivity contribution in [3.63, 3.8) is 0 Å². The van der Waals surface area contributed by atoms with Crippen LogP contribution in [0, 0.1) is 0 Å². The van der Waals surface area contributed by atoms with Gasteiger partial charge in [-0.3, -0.25) is 9.36 Å². The number of anilines is 1. The zero-order chi connectivity index (χ0) is 29.2. The molecule has 0 spiro atoms. The minimum absolute atomic E-state index is 0.208. The first-order valence-corrected chi connectivity index (χ1v) is 16.8. The van der Waals surface area contributed by atoms with Crippen LogP contribution < -0.4 is 19.8 Å². The summed E-state index contributed by atoms with van der Waals surface area (Å²) >= 11 is 6.57. The highest BCUT2D eigenvalue weighted by Crippen LogP contribution is 2.36. The van der Waals surface area contributed by atoms with E-state index in [2.05, 4.69) is 20.8 Å². The minimum atomic E-state index is -0.708. The van der Waals surface area contributed by atoms with Crippen LogP contribution in [-0.4, -0.2) is 36.5 Å². The van der Waals surface area contributed by atoms with Crippen molar-refractivity contribution < 1.29 is 13.9 Å². The molecule has 1 fully saturated rings. The lowest BCUT2D eigenvalue weighted by atomic mass is 9.93. The smallest absolute Gasteiger partial charge is 0.338 e. The zero-order valence-corrected chi connectivity index (χ0v) is 26.6. The van der Waals surface area contributed by atoms with Crippen molar-refractivity contribution in [2.45, 2.75) is 37.1 Å². The summed E-state index contributed by atoms with van der Waals surface area (Å²) in [6.07, 6.45) is 7.27. The Morgan fingerprint density at radius 2 is 1.88 bits per heavy atom. The number of carbonyl (C=O) groups is 1. The molecule has 42 heavy (non-hydrogen) atoms. The third-order valence-electron chi connectivity index (χ3n) is 7.41. The highest BCUT2D eigenvalue weighted by atomic mass is 79.9. The summed E-state index contributed by atoms with van der Waals surface area (Å²) in [5.74, 6) is 0.882. The Balaban J connectivity index is 1.55. The highest BCUT2D eigenvalue weighted by Gasteiger charge is 2.35. The number of rotatable bonds is 7. The van der Waals surface area contributed by atoms with E-state index in [1.807, 2.05) is 66.9 Å². The molecule has 10 heteroatoms. The van der Waals surface area contributed by atoms with Crippen molar-refractivity contribution in [1.82, 2.24) is 4.57 Å². The van der Waals surface area contributed by atoms with Crippen LogP contribution >= 0.6 is 39.0 Å². The second kappa shape index (κ2) is 12.5. The fourth-order valence-electron chi connectivity index (χ4n) is 5.43. The van der Waals surface area contributed by atoms with E-state index in [4.69, 9.17) is 14.1 Å². The van der Waals surface area contributed by atoms with Crippen LogP contribution in [0.25, 0.3) is 11.8 Å². The van der Waals surface area contributed by atoms with Crippen LogP contribution in [0.4, 0.5) is 5.88 Å². The number of esters is 1. The molecule has 2 aliphatic heterocycles. The lowest BCUT2D eigenvalue weighted by Crippen LogP contribution is -2.40. The number of fused-ring (bicyclic) bond motifs is 1. The Hall–Kier alpha value is -3.34. The monoisotopic (exact) mass is 663 g/mol. The maximum Gasteiger partial charge on any atom is 0.338 e. The van der Waals surface area contributed by atoms with Crippen molar-refractivity contribution in [2.75, 3.05) is 30.9 Å². The van der Waals surface area contributed by atoms with Crippen LogP contribution in [0.1, 0.15) is 49.1 Å². The number of aromatic nitrogens is 1. The first kappa shape index (κ1) is 28.8. The van der Waals surface area contributed by atoms with Crippen molar-refractivity contribution in [2.24, 2.45) is 4.99 Å². The molecule has 0 N–H and O–H groups in total. The molecule has 7 nitrogen and oxygen atoms in total. The predicted molar refractivity (Wildman–Crippen MR) is 172 cm³/mol. The second-order valence-electron chi connectivity index (χ2n) is 10.1. The summed E-state index contributed by atoms with van der Waals surface area (Å²) in [4.78, 5) is 36.5. The number of benzene rings is 2. The lowest BCUT2D eigenvalue weighted by molar-refractivity contribution is -0.138. The van der Waals surface area contributed by atoms with Gasteiger partial charge < -0.3 is 14.1 Å². The van der Waals surface area contributed by atoms with Crippen LogP contribution in [0.2, 0.25) is 0 Å². The highest BCUT2D eigenvalue weighted by molar-refractivity contribution is 9.10. The van der Waals surface area contributed by atoms with Gasteiger partial charge in [0, 0.05) is 35.7 Å². The summed E-state index contributed by atoms with van der Waals surface area (Å²) in [7, 11) is 0. The number of hydrogen-bond acceptors (Lipinski definition) is 8. The first-order valence-electron chi connectivity index (χ1n) is 13.9. The molecule has 4 heterocycles. The quantitative estimate of drug-likeness (QED) is 0.178. The number of ether oxygens (including phenoxy) is 1. The number of thioether (sulfide) groups is 1. The molecule has 0 radical (unpaired) electrons. The Morgan fingerprint density at radius 1 is 1.14 bits per heavy atom. The first-order chi connectivity index (χ1) is 20.5. The third kappa shape index (κ3) is 5.55. The molecule has 1 atom stereocenters. The molecule has 0 saturated carbocycles. The number of furan rings is 1. The van der Waals surface area contributed by atoms with Gasteiger partial charge in [0.1, 0.15) is 5.76 Å². The molecule has 4 aromatic rings. The van der Waals surface area contributed by atoms with Gasteiger partial charge >= 0.3 is 5.97 Å². The van der Waals surface area contributed by atoms with Crippen LogP contribution in [0.15, 0.2) is 89.8 Å². The summed E-state index contributed by atoms with van der Waals surface area (Å²) in [5.41, 5.74) is 2.20. The van der Waals surface area contributed by atoms with Gasteiger partial charge in [0.2, 0.25) is 5.88 Å². The summed E-state index contributed by atoms with van der Waals surface area (Å²) < 4.78 is 14.7. The van der Waals surface area contributed by atoms with E-state index < -0.39 is 12.0 Å². The van der Waals surface area contributed by atoms with Gasteiger partial charge in [-0.2, -0.15) is 0 Å². The number of carbonyl (C=O) groups excluding carboxylic acids is 1. The van der Waals surface area contributed by atoms with Gasteiger partial charge in [-0.1, -0.05) is 53.8 Å². The van der Waals surface area contributed by atoms with Crippen molar-refractivity contribution in [3.8, 4) is 0 Å². The van der Waals surface area contributed by atoms with Crippen molar-refractivity contribution >= 4 is 62.7 Å². The van der Waals surface area contributed by atoms with Gasteiger partial charge in [-0.05, 0) is 66.1 Å². The molecule has 0 aliphatic carbocycles. The average Bonchev–Trinajstić information content (AvgIpc) is 3.55. The maximum atomic E-state index is 14.1.